The number of amides is 1. The molecular weight excluding hydrogens is 469 g/mol. The van der Waals surface area contributed by atoms with Gasteiger partial charge in [-0.1, -0.05) is 67.4 Å². The van der Waals surface area contributed by atoms with Crippen molar-refractivity contribution >= 4 is 40.9 Å². The van der Waals surface area contributed by atoms with Crippen LogP contribution in [0.3, 0.4) is 0 Å². The topological polar surface area (TPSA) is 20.3 Å². The molecule has 0 radical (unpaired) electrons. The standard InChI is InChI=1S/C28H33Cl2NOS/c1-4-15-28(3)17-24(21-7-6-8-23(30)16-21)26(20-11-13-22(29)14-12-20)31(27(28)32)25(18-33-5-2)19-9-10-19/h4,6-8,11-14,16,19,24-26H,1,5,9-10,15,17-18H2,2-3H3. The van der Waals surface area contributed by atoms with E-state index in [1.807, 2.05) is 42.1 Å². The highest BCUT2D eigenvalue weighted by atomic mass is 35.5. The first-order chi connectivity index (χ1) is 15.9. The zero-order valence-electron chi connectivity index (χ0n) is 19.5. The van der Waals surface area contributed by atoms with Crippen molar-refractivity contribution < 1.29 is 4.79 Å². The molecule has 4 atom stereocenters. The van der Waals surface area contributed by atoms with Crippen molar-refractivity contribution in [1.29, 1.82) is 0 Å². The van der Waals surface area contributed by atoms with Crippen LogP contribution in [0.15, 0.2) is 61.2 Å². The number of rotatable bonds is 9. The van der Waals surface area contributed by atoms with Crippen LogP contribution in [0.25, 0.3) is 0 Å². The van der Waals surface area contributed by atoms with Crippen LogP contribution in [-0.4, -0.2) is 28.4 Å². The summed E-state index contributed by atoms with van der Waals surface area (Å²) in [5.74, 6) is 3.01. The highest BCUT2D eigenvalue weighted by Crippen LogP contribution is 2.54. The second-order valence-corrected chi connectivity index (χ2v) is 11.9. The summed E-state index contributed by atoms with van der Waals surface area (Å²) in [6, 6.07) is 16.4. The van der Waals surface area contributed by atoms with Crippen molar-refractivity contribution in [3.8, 4) is 0 Å². The molecule has 2 nitrogen and oxygen atoms in total. The molecule has 1 saturated carbocycles. The summed E-state index contributed by atoms with van der Waals surface area (Å²) < 4.78 is 0. The third kappa shape index (κ3) is 5.31. The zero-order valence-corrected chi connectivity index (χ0v) is 21.8. The lowest BCUT2D eigenvalue weighted by atomic mass is 9.67. The van der Waals surface area contributed by atoms with Gasteiger partial charge in [-0.25, -0.2) is 0 Å². The Bertz CT molecular complexity index is 990. The van der Waals surface area contributed by atoms with Crippen LogP contribution in [0, 0.1) is 11.3 Å². The van der Waals surface area contributed by atoms with Gasteiger partial charge in [0.05, 0.1) is 11.5 Å². The number of carbonyl (C=O) groups is 1. The maximum absolute atomic E-state index is 14.3. The molecule has 0 spiro atoms. The molecule has 1 aliphatic carbocycles. The van der Waals surface area contributed by atoms with Gasteiger partial charge in [-0.05, 0) is 72.7 Å². The van der Waals surface area contributed by atoms with Gasteiger partial charge in [-0.3, -0.25) is 4.79 Å². The van der Waals surface area contributed by atoms with Gasteiger partial charge >= 0.3 is 0 Å². The van der Waals surface area contributed by atoms with Crippen LogP contribution < -0.4 is 0 Å². The molecule has 1 amide bonds. The molecule has 33 heavy (non-hydrogen) atoms. The molecule has 4 unspecified atom stereocenters. The summed E-state index contributed by atoms with van der Waals surface area (Å²) in [6.07, 6.45) is 5.74. The Morgan fingerprint density at radius 2 is 1.88 bits per heavy atom. The van der Waals surface area contributed by atoms with Gasteiger partial charge in [-0.15, -0.1) is 6.58 Å². The molecule has 0 N–H and O–H groups in total. The Hall–Kier alpha value is -1.42. The van der Waals surface area contributed by atoms with E-state index in [1.165, 1.54) is 18.4 Å². The minimum atomic E-state index is -0.484. The summed E-state index contributed by atoms with van der Waals surface area (Å²) in [6.45, 7) is 8.31. The Labute approximate surface area is 212 Å². The van der Waals surface area contributed by atoms with E-state index >= 15 is 0 Å². The van der Waals surface area contributed by atoms with Crippen molar-refractivity contribution in [3.05, 3.63) is 82.4 Å². The third-order valence-corrected chi connectivity index (χ3v) is 8.67. The van der Waals surface area contributed by atoms with Gasteiger partial charge in [-0.2, -0.15) is 11.8 Å². The van der Waals surface area contributed by atoms with Gasteiger partial charge in [0.1, 0.15) is 0 Å². The van der Waals surface area contributed by atoms with E-state index in [-0.39, 0.29) is 23.9 Å². The predicted molar refractivity (Wildman–Crippen MR) is 142 cm³/mol. The number of hydrogen-bond acceptors (Lipinski definition) is 2. The lowest BCUT2D eigenvalue weighted by Gasteiger charge is -2.52. The molecule has 1 aliphatic heterocycles. The Balaban J connectivity index is 1.88. The lowest BCUT2D eigenvalue weighted by molar-refractivity contribution is -0.154. The van der Waals surface area contributed by atoms with E-state index < -0.39 is 5.41 Å². The Kier molecular flexibility index (Phi) is 7.83. The number of allylic oxidation sites excluding steroid dienone is 1. The van der Waals surface area contributed by atoms with E-state index in [2.05, 4.69) is 49.6 Å². The summed E-state index contributed by atoms with van der Waals surface area (Å²) in [7, 11) is 0. The molecule has 2 aromatic carbocycles. The molecule has 5 heteroatoms. The fourth-order valence-corrected chi connectivity index (χ4v) is 6.65. The molecule has 0 aromatic heterocycles. The second kappa shape index (κ2) is 10.5. The SMILES string of the molecule is C=CCC1(C)CC(c2cccc(Cl)c2)C(c2ccc(Cl)cc2)N(C(CSCC)C2CC2)C1=O. The first-order valence-corrected chi connectivity index (χ1v) is 13.8. The van der Waals surface area contributed by atoms with E-state index in [0.717, 1.165) is 28.5 Å². The molecule has 0 bridgehead atoms. The number of carbonyl (C=O) groups excluding carboxylic acids is 1. The fourth-order valence-electron chi connectivity index (χ4n) is 5.42. The van der Waals surface area contributed by atoms with Gasteiger partial charge < -0.3 is 4.90 Å². The first-order valence-electron chi connectivity index (χ1n) is 11.9. The monoisotopic (exact) mass is 501 g/mol. The molecule has 2 aliphatic rings. The maximum Gasteiger partial charge on any atom is 0.229 e. The van der Waals surface area contributed by atoms with Crippen molar-refractivity contribution in [1.82, 2.24) is 4.90 Å². The van der Waals surface area contributed by atoms with Crippen LogP contribution in [0.2, 0.25) is 10.0 Å². The number of halogens is 2. The van der Waals surface area contributed by atoms with Crippen molar-refractivity contribution in [2.45, 2.75) is 57.5 Å². The molecule has 2 fully saturated rings. The molecule has 2 aromatic rings. The largest absolute Gasteiger partial charge is 0.330 e. The highest BCUT2D eigenvalue weighted by Gasteiger charge is 2.53. The fraction of sp³-hybridized carbons (Fsp3) is 0.464. The quantitative estimate of drug-likeness (QED) is 0.323. The molecule has 176 valence electrons. The Morgan fingerprint density at radius 1 is 1.15 bits per heavy atom. The van der Waals surface area contributed by atoms with E-state index in [0.29, 0.717) is 17.4 Å². The van der Waals surface area contributed by atoms with Crippen LogP contribution in [0.5, 0.6) is 0 Å². The average Bonchev–Trinajstić information content (AvgIpc) is 3.63. The summed E-state index contributed by atoms with van der Waals surface area (Å²) in [5.41, 5.74) is 1.85. The van der Waals surface area contributed by atoms with E-state index in [9.17, 15) is 4.79 Å². The summed E-state index contributed by atoms with van der Waals surface area (Å²) >= 11 is 14.6. The molecule has 1 saturated heterocycles. The van der Waals surface area contributed by atoms with Gasteiger partial charge in [0.25, 0.3) is 0 Å². The number of benzene rings is 2. The molecule has 4 rings (SSSR count). The first kappa shape index (κ1) is 24.7. The predicted octanol–water partition coefficient (Wildman–Crippen LogP) is 8.16. The summed E-state index contributed by atoms with van der Waals surface area (Å²) in [4.78, 5) is 16.6. The van der Waals surface area contributed by atoms with Crippen LogP contribution in [0.4, 0.5) is 0 Å². The Morgan fingerprint density at radius 3 is 2.48 bits per heavy atom. The number of likely N-dealkylation sites (tertiary alicyclic amines) is 1. The van der Waals surface area contributed by atoms with Crippen molar-refractivity contribution in [2.75, 3.05) is 11.5 Å². The minimum absolute atomic E-state index is 0.0471. The van der Waals surface area contributed by atoms with Gasteiger partial charge in [0, 0.05) is 27.8 Å². The zero-order chi connectivity index (χ0) is 23.6. The summed E-state index contributed by atoms with van der Waals surface area (Å²) in [5, 5.41) is 1.44. The number of thioether (sulfide) groups is 1. The van der Waals surface area contributed by atoms with Gasteiger partial charge in [0.2, 0.25) is 5.91 Å². The smallest absolute Gasteiger partial charge is 0.229 e. The number of piperidine rings is 1. The number of nitrogens with zero attached hydrogens (tertiary/aromatic N) is 1. The van der Waals surface area contributed by atoms with Crippen LogP contribution in [-0.2, 0) is 4.79 Å². The van der Waals surface area contributed by atoms with Crippen LogP contribution in [0.1, 0.15) is 62.6 Å². The van der Waals surface area contributed by atoms with E-state index in [4.69, 9.17) is 23.2 Å². The molecule has 1 heterocycles. The number of hydrogen-bond donors (Lipinski definition) is 0. The normalized spacial score (nSPS) is 26.3. The third-order valence-electron chi connectivity index (χ3n) is 7.20. The van der Waals surface area contributed by atoms with Crippen molar-refractivity contribution in [2.24, 2.45) is 11.3 Å². The average molecular weight is 503 g/mol. The van der Waals surface area contributed by atoms with Crippen LogP contribution >= 0.6 is 35.0 Å². The van der Waals surface area contributed by atoms with E-state index in [1.54, 1.807) is 0 Å². The second-order valence-electron chi connectivity index (χ2n) is 9.69. The lowest BCUT2D eigenvalue weighted by Crippen LogP contribution is -2.56. The minimum Gasteiger partial charge on any atom is -0.330 e. The maximum atomic E-state index is 14.3. The van der Waals surface area contributed by atoms with Crippen molar-refractivity contribution in [3.63, 3.8) is 0 Å². The highest BCUT2D eigenvalue weighted by molar-refractivity contribution is 7.99. The van der Waals surface area contributed by atoms with Gasteiger partial charge in [0.15, 0.2) is 0 Å². The molecular formula is C28H33Cl2NOS.